The van der Waals surface area contributed by atoms with Crippen molar-refractivity contribution in [2.75, 3.05) is 16.8 Å². The Hall–Kier alpha value is -1.90. The number of hydrogen-bond donors (Lipinski definition) is 2. The van der Waals surface area contributed by atoms with Crippen LogP contribution in [-0.4, -0.2) is 45.5 Å². The Morgan fingerprint density at radius 1 is 1.06 bits per heavy atom. The highest BCUT2D eigenvalue weighted by atomic mass is 35.5. The van der Waals surface area contributed by atoms with E-state index in [0.717, 1.165) is 12.8 Å². The van der Waals surface area contributed by atoms with E-state index < -0.39 is 17.7 Å². The molecule has 1 unspecified atom stereocenters. The second-order valence-electron chi connectivity index (χ2n) is 8.19. The summed E-state index contributed by atoms with van der Waals surface area (Å²) in [6, 6.07) is 8.03. The average molecular weight is 534 g/mol. The number of hydroxylamine groups is 2. The topological polar surface area (TPSA) is 76.1 Å². The normalized spacial score (nSPS) is 17.5. The zero-order valence-electron chi connectivity index (χ0n) is 18.3. The Morgan fingerprint density at radius 3 is 2.24 bits per heavy atom. The summed E-state index contributed by atoms with van der Waals surface area (Å²) >= 11 is 24.2. The highest BCUT2D eigenvalue weighted by Crippen LogP contribution is 2.40. The standard InChI is InChI=1S/C22H24Cl4N4O3/c1-4-5-10-28-21(32)29(14-7-9-16(24)18(26)12-14)19(22(28,2)3)30(33)20(31)27-13-6-8-15(23)17(25)11-13/h6-9,11-12,19,33H,4-5,10H2,1-3H3,(H,27,31). The maximum absolute atomic E-state index is 13.5. The van der Waals surface area contributed by atoms with Crippen LogP contribution in [0.25, 0.3) is 0 Å². The van der Waals surface area contributed by atoms with Crippen molar-refractivity contribution in [2.24, 2.45) is 0 Å². The predicted octanol–water partition coefficient (Wildman–Crippen LogP) is 7.37. The molecule has 0 saturated carbocycles. The van der Waals surface area contributed by atoms with Gasteiger partial charge in [0.05, 0.1) is 25.6 Å². The third-order valence-electron chi connectivity index (χ3n) is 5.54. The number of hydrogen-bond acceptors (Lipinski definition) is 3. The van der Waals surface area contributed by atoms with Crippen molar-refractivity contribution in [3.8, 4) is 0 Å². The van der Waals surface area contributed by atoms with Crippen LogP contribution in [0.2, 0.25) is 20.1 Å². The Balaban J connectivity index is 1.99. The molecule has 33 heavy (non-hydrogen) atoms. The fourth-order valence-corrected chi connectivity index (χ4v) is 4.39. The monoisotopic (exact) mass is 532 g/mol. The first kappa shape index (κ1) is 25.7. The molecule has 3 rings (SSSR count). The van der Waals surface area contributed by atoms with E-state index in [9.17, 15) is 14.8 Å². The lowest BCUT2D eigenvalue weighted by atomic mass is 9.99. The third kappa shape index (κ3) is 5.12. The molecule has 178 valence electrons. The summed E-state index contributed by atoms with van der Waals surface area (Å²) < 4.78 is 0. The summed E-state index contributed by atoms with van der Waals surface area (Å²) in [5.74, 6) is 0. The van der Waals surface area contributed by atoms with Crippen LogP contribution in [0.3, 0.4) is 0 Å². The minimum atomic E-state index is -1.07. The number of nitrogens with zero attached hydrogens (tertiary/aromatic N) is 3. The molecule has 0 radical (unpaired) electrons. The van der Waals surface area contributed by atoms with Gasteiger partial charge in [0, 0.05) is 17.9 Å². The Kier molecular flexibility index (Phi) is 7.91. The first-order valence-corrected chi connectivity index (χ1v) is 11.8. The van der Waals surface area contributed by atoms with Crippen LogP contribution in [0.4, 0.5) is 21.0 Å². The second kappa shape index (κ2) is 10.2. The van der Waals surface area contributed by atoms with Crippen molar-refractivity contribution in [3.63, 3.8) is 0 Å². The van der Waals surface area contributed by atoms with Crippen LogP contribution in [0.1, 0.15) is 33.6 Å². The lowest BCUT2D eigenvalue weighted by Crippen LogP contribution is -2.58. The average Bonchev–Trinajstić information content (AvgIpc) is 2.95. The van der Waals surface area contributed by atoms with Gasteiger partial charge in [0.15, 0.2) is 6.17 Å². The van der Waals surface area contributed by atoms with Crippen LogP contribution < -0.4 is 10.2 Å². The second-order valence-corrected chi connectivity index (χ2v) is 9.82. The fraction of sp³-hybridized carbons (Fsp3) is 0.364. The number of carbonyl (C=O) groups is 2. The van der Waals surface area contributed by atoms with E-state index in [1.807, 2.05) is 6.92 Å². The molecule has 1 aliphatic heterocycles. The number of anilines is 2. The largest absolute Gasteiger partial charge is 0.347 e. The van der Waals surface area contributed by atoms with Gasteiger partial charge in [-0.3, -0.25) is 10.1 Å². The molecule has 2 aromatic rings. The van der Waals surface area contributed by atoms with Gasteiger partial charge < -0.3 is 10.2 Å². The number of rotatable bonds is 6. The number of amides is 4. The predicted molar refractivity (Wildman–Crippen MR) is 133 cm³/mol. The molecular formula is C22H24Cl4N4O3. The summed E-state index contributed by atoms with van der Waals surface area (Å²) in [6.07, 6.45) is 0.567. The number of urea groups is 2. The lowest BCUT2D eigenvalue weighted by Gasteiger charge is -2.38. The number of nitrogens with one attached hydrogen (secondary N) is 1. The van der Waals surface area contributed by atoms with Crippen LogP contribution >= 0.6 is 46.4 Å². The van der Waals surface area contributed by atoms with Crippen LogP contribution in [-0.2, 0) is 0 Å². The first-order chi connectivity index (χ1) is 15.5. The zero-order chi connectivity index (χ0) is 24.5. The number of unbranched alkanes of at least 4 members (excludes halogenated alkanes) is 1. The van der Waals surface area contributed by atoms with Crippen LogP contribution in [0.15, 0.2) is 36.4 Å². The van der Waals surface area contributed by atoms with E-state index >= 15 is 0 Å². The maximum atomic E-state index is 13.5. The third-order valence-corrected chi connectivity index (χ3v) is 7.01. The summed E-state index contributed by atoms with van der Waals surface area (Å²) in [7, 11) is 0. The summed E-state index contributed by atoms with van der Waals surface area (Å²) in [5, 5.41) is 15.3. The summed E-state index contributed by atoms with van der Waals surface area (Å²) in [5.41, 5.74) is -0.213. The zero-order valence-corrected chi connectivity index (χ0v) is 21.3. The molecule has 0 spiro atoms. The molecule has 1 fully saturated rings. The number of benzene rings is 2. The molecule has 1 aliphatic rings. The van der Waals surface area contributed by atoms with Gasteiger partial charge in [0.1, 0.15) is 0 Å². The van der Waals surface area contributed by atoms with E-state index in [0.29, 0.717) is 33.0 Å². The molecule has 0 aromatic heterocycles. The SMILES string of the molecule is CCCCN1C(=O)N(c2ccc(Cl)c(Cl)c2)C(N(O)C(=O)Nc2ccc(Cl)c(Cl)c2)C1(C)C. The van der Waals surface area contributed by atoms with Crippen molar-refractivity contribution in [3.05, 3.63) is 56.5 Å². The molecule has 0 bridgehead atoms. The van der Waals surface area contributed by atoms with Crippen molar-refractivity contribution >= 4 is 69.8 Å². The van der Waals surface area contributed by atoms with E-state index in [1.165, 1.54) is 23.1 Å². The van der Waals surface area contributed by atoms with Crippen molar-refractivity contribution in [2.45, 2.75) is 45.3 Å². The number of halogens is 4. The molecule has 1 heterocycles. The lowest BCUT2D eigenvalue weighted by molar-refractivity contribution is -0.0949. The minimum Gasteiger partial charge on any atom is -0.315 e. The van der Waals surface area contributed by atoms with Gasteiger partial charge in [-0.05, 0) is 56.7 Å². The van der Waals surface area contributed by atoms with Crippen LogP contribution in [0.5, 0.6) is 0 Å². The van der Waals surface area contributed by atoms with Gasteiger partial charge >= 0.3 is 12.1 Å². The first-order valence-electron chi connectivity index (χ1n) is 10.3. The van der Waals surface area contributed by atoms with Gasteiger partial charge in [0.2, 0.25) is 0 Å². The summed E-state index contributed by atoms with van der Waals surface area (Å²) in [4.78, 5) is 29.4. The van der Waals surface area contributed by atoms with Crippen molar-refractivity contribution in [1.82, 2.24) is 9.96 Å². The van der Waals surface area contributed by atoms with Gasteiger partial charge in [-0.1, -0.05) is 59.7 Å². The van der Waals surface area contributed by atoms with Gasteiger partial charge in [-0.25, -0.2) is 9.59 Å². The van der Waals surface area contributed by atoms with Crippen molar-refractivity contribution < 1.29 is 14.8 Å². The van der Waals surface area contributed by atoms with Gasteiger partial charge in [-0.2, -0.15) is 5.06 Å². The molecule has 7 nitrogen and oxygen atoms in total. The van der Waals surface area contributed by atoms with E-state index in [1.54, 1.807) is 36.9 Å². The van der Waals surface area contributed by atoms with E-state index in [-0.39, 0.29) is 16.1 Å². The Morgan fingerprint density at radius 2 is 1.67 bits per heavy atom. The van der Waals surface area contributed by atoms with Gasteiger partial charge in [-0.15, -0.1) is 0 Å². The van der Waals surface area contributed by atoms with Crippen LogP contribution in [0, 0.1) is 0 Å². The van der Waals surface area contributed by atoms with Crippen molar-refractivity contribution in [1.29, 1.82) is 0 Å². The smallest absolute Gasteiger partial charge is 0.315 e. The molecule has 11 heteroatoms. The highest BCUT2D eigenvalue weighted by Gasteiger charge is 2.55. The molecule has 4 amide bonds. The van der Waals surface area contributed by atoms with Gasteiger partial charge in [0.25, 0.3) is 0 Å². The van der Waals surface area contributed by atoms with E-state index in [4.69, 9.17) is 46.4 Å². The molecule has 2 aromatic carbocycles. The molecule has 1 saturated heterocycles. The fourth-order valence-electron chi connectivity index (χ4n) is 3.80. The quantitative estimate of drug-likeness (QED) is 0.300. The Labute approximate surface area is 212 Å². The maximum Gasteiger partial charge on any atom is 0.347 e. The van der Waals surface area contributed by atoms with E-state index in [2.05, 4.69) is 5.32 Å². The highest BCUT2D eigenvalue weighted by molar-refractivity contribution is 6.42. The molecule has 1 atom stereocenters. The number of carbonyl (C=O) groups excluding carboxylic acids is 2. The molecule has 0 aliphatic carbocycles. The minimum absolute atomic E-state index is 0.246. The summed E-state index contributed by atoms with van der Waals surface area (Å²) in [6.45, 7) is 6.06. The Bertz CT molecular complexity index is 1070. The molecule has 2 N–H and O–H groups in total. The molecular weight excluding hydrogens is 510 g/mol.